The number of hydrogen-bond acceptors (Lipinski definition) is 8. The Labute approximate surface area is 118 Å². The molecule has 1 aliphatic rings. The number of anilines is 1. The monoisotopic (exact) mass is 295 g/mol. The van der Waals surface area contributed by atoms with Gasteiger partial charge in [0.15, 0.2) is 0 Å². The zero-order chi connectivity index (χ0) is 13.9. The number of aromatic nitrogens is 2. The molecule has 1 unspecified atom stereocenters. The molecule has 1 atom stereocenters. The van der Waals surface area contributed by atoms with Crippen LogP contribution >= 0.6 is 11.3 Å². The van der Waals surface area contributed by atoms with E-state index in [1.807, 2.05) is 0 Å². The number of thiophene rings is 1. The highest BCUT2D eigenvalue weighted by Gasteiger charge is 2.17. The van der Waals surface area contributed by atoms with E-state index in [4.69, 9.17) is 4.74 Å². The third-order valence-corrected chi connectivity index (χ3v) is 3.99. The molecule has 106 valence electrons. The van der Waals surface area contributed by atoms with Crippen LogP contribution < -0.4 is 10.6 Å². The Bertz CT molecular complexity index is 626. The van der Waals surface area contributed by atoms with Crippen LogP contribution in [-0.2, 0) is 4.74 Å². The van der Waals surface area contributed by atoms with Crippen molar-refractivity contribution in [1.29, 1.82) is 0 Å². The van der Waals surface area contributed by atoms with Gasteiger partial charge in [-0.3, -0.25) is 10.1 Å². The Kier molecular flexibility index (Phi) is 3.72. The van der Waals surface area contributed by atoms with Gasteiger partial charge in [-0.25, -0.2) is 9.97 Å². The van der Waals surface area contributed by atoms with Crippen LogP contribution in [0.1, 0.15) is 0 Å². The van der Waals surface area contributed by atoms with Gasteiger partial charge in [0.1, 0.15) is 17.0 Å². The molecule has 3 rings (SSSR count). The maximum atomic E-state index is 10.8. The minimum absolute atomic E-state index is 0.0686. The smallest absolute Gasteiger partial charge is 0.326 e. The first-order chi connectivity index (χ1) is 9.74. The van der Waals surface area contributed by atoms with Crippen molar-refractivity contribution >= 4 is 32.4 Å². The highest BCUT2D eigenvalue weighted by atomic mass is 32.1. The quantitative estimate of drug-likeness (QED) is 0.640. The second-order valence-corrected chi connectivity index (χ2v) is 5.37. The number of nitrogens with one attached hydrogen (secondary N) is 2. The highest BCUT2D eigenvalue weighted by Crippen LogP contribution is 2.32. The van der Waals surface area contributed by atoms with Gasteiger partial charge in [0.2, 0.25) is 0 Å². The summed E-state index contributed by atoms with van der Waals surface area (Å²) in [5, 5.41) is 18.0. The van der Waals surface area contributed by atoms with Crippen molar-refractivity contribution in [3.63, 3.8) is 0 Å². The molecule has 1 fully saturated rings. The first-order valence-corrected chi connectivity index (χ1v) is 7.01. The summed E-state index contributed by atoms with van der Waals surface area (Å²) in [4.78, 5) is 19.2. The van der Waals surface area contributed by atoms with Gasteiger partial charge in [0, 0.05) is 25.7 Å². The van der Waals surface area contributed by atoms with Gasteiger partial charge in [-0.05, 0) is 11.3 Å². The molecule has 20 heavy (non-hydrogen) atoms. The van der Waals surface area contributed by atoms with Crippen molar-refractivity contribution in [3.8, 4) is 0 Å². The lowest BCUT2D eigenvalue weighted by atomic mass is 10.3. The summed E-state index contributed by atoms with van der Waals surface area (Å²) in [6.07, 6.45) is 1.48. The maximum Gasteiger partial charge on any atom is 0.326 e. The lowest BCUT2D eigenvalue weighted by molar-refractivity contribution is -0.380. The summed E-state index contributed by atoms with van der Waals surface area (Å²) in [5.74, 6) is 0.605. The van der Waals surface area contributed by atoms with Crippen molar-refractivity contribution in [3.05, 3.63) is 22.5 Å². The fraction of sp³-hybridized carbons (Fsp3) is 0.455. The van der Waals surface area contributed by atoms with Gasteiger partial charge in [-0.2, -0.15) is 0 Å². The van der Waals surface area contributed by atoms with E-state index in [0.717, 1.165) is 24.4 Å². The molecule has 0 spiro atoms. The fourth-order valence-corrected chi connectivity index (χ4v) is 2.85. The average molecular weight is 295 g/mol. The van der Waals surface area contributed by atoms with E-state index >= 15 is 0 Å². The number of fused-ring (bicyclic) bond motifs is 1. The van der Waals surface area contributed by atoms with Crippen molar-refractivity contribution in [1.82, 2.24) is 15.3 Å². The van der Waals surface area contributed by atoms with Gasteiger partial charge >= 0.3 is 5.00 Å². The van der Waals surface area contributed by atoms with Crippen LogP contribution in [0.2, 0.25) is 0 Å². The summed E-state index contributed by atoms with van der Waals surface area (Å²) in [6.45, 7) is 2.94. The van der Waals surface area contributed by atoms with E-state index < -0.39 is 4.92 Å². The molecular formula is C11H13N5O3S. The van der Waals surface area contributed by atoms with E-state index in [1.54, 1.807) is 0 Å². The molecule has 0 radical (unpaired) electrons. The number of hydrogen-bond donors (Lipinski definition) is 2. The van der Waals surface area contributed by atoms with Gasteiger partial charge in [0.25, 0.3) is 0 Å². The molecule has 8 nitrogen and oxygen atoms in total. The van der Waals surface area contributed by atoms with E-state index in [0.29, 0.717) is 29.2 Å². The second kappa shape index (κ2) is 5.65. The van der Waals surface area contributed by atoms with Crippen LogP contribution in [0.25, 0.3) is 10.2 Å². The van der Waals surface area contributed by atoms with Crippen LogP contribution in [0.5, 0.6) is 0 Å². The van der Waals surface area contributed by atoms with Crippen LogP contribution in [0.4, 0.5) is 10.8 Å². The molecule has 2 aromatic rings. The van der Waals surface area contributed by atoms with Gasteiger partial charge in [-0.1, -0.05) is 0 Å². The third-order valence-electron chi connectivity index (χ3n) is 3.00. The Morgan fingerprint density at radius 1 is 1.60 bits per heavy atom. The summed E-state index contributed by atoms with van der Waals surface area (Å²) in [6, 6.07) is 1.50. The van der Waals surface area contributed by atoms with Crippen molar-refractivity contribution in [2.24, 2.45) is 0 Å². The molecular weight excluding hydrogens is 282 g/mol. The lowest BCUT2D eigenvalue weighted by Gasteiger charge is -2.23. The predicted molar refractivity (Wildman–Crippen MR) is 75.2 cm³/mol. The SMILES string of the molecule is O=[N+]([O-])c1cc2c(NCC3CNCCO3)ncnc2s1. The Morgan fingerprint density at radius 3 is 3.25 bits per heavy atom. The molecule has 0 aliphatic carbocycles. The normalized spacial score (nSPS) is 19.1. The van der Waals surface area contributed by atoms with Gasteiger partial charge in [0.05, 0.1) is 23.0 Å². The molecule has 1 saturated heterocycles. The molecule has 2 aromatic heterocycles. The van der Waals surface area contributed by atoms with Gasteiger partial charge < -0.3 is 15.4 Å². The van der Waals surface area contributed by atoms with Crippen LogP contribution in [0.3, 0.4) is 0 Å². The summed E-state index contributed by atoms with van der Waals surface area (Å²) in [5.41, 5.74) is 0. The minimum Gasteiger partial charge on any atom is -0.374 e. The second-order valence-electron chi connectivity index (χ2n) is 4.36. The van der Waals surface area contributed by atoms with Crippen molar-refractivity contribution in [2.45, 2.75) is 6.10 Å². The zero-order valence-corrected chi connectivity index (χ0v) is 11.4. The number of morpholine rings is 1. The van der Waals surface area contributed by atoms with E-state index in [2.05, 4.69) is 20.6 Å². The molecule has 0 bridgehead atoms. The molecule has 0 amide bonds. The molecule has 0 aromatic carbocycles. The first kappa shape index (κ1) is 13.2. The highest BCUT2D eigenvalue weighted by molar-refractivity contribution is 7.21. The number of rotatable bonds is 4. The average Bonchev–Trinajstić information content (AvgIpc) is 2.91. The lowest BCUT2D eigenvalue weighted by Crippen LogP contribution is -2.42. The summed E-state index contributed by atoms with van der Waals surface area (Å²) < 4.78 is 5.58. The van der Waals surface area contributed by atoms with E-state index in [1.165, 1.54) is 12.4 Å². The molecule has 0 saturated carbocycles. The maximum absolute atomic E-state index is 10.8. The zero-order valence-electron chi connectivity index (χ0n) is 10.5. The van der Waals surface area contributed by atoms with Crippen LogP contribution in [-0.4, -0.2) is 47.2 Å². The van der Waals surface area contributed by atoms with Crippen molar-refractivity contribution in [2.75, 3.05) is 31.6 Å². The van der Waals surface area contributed by atoms with E-state index in [-0.39, 0.29) is 11.1 Å². The summed E-state index contributed by atoms with van der Waals surface area (Å²) in [7, 11) is 0. The first-order valence-electron chi connectivity index (χ1n) is 6.19. The number of ether oxygens (including phenoxy) is 1. The summed E-state index contributed by atoms with van der Waals surface area (Å²) >= 11 is 1.05. The Morgan fingerprint density at radius 2 is 2.50 bits per heavy atom. The van der Waals surface area contributed by atoms with Crippen LogP contribution in [0, 0.1) is 10.1 Å². The largest absolute Gasteiger partial charge is 0.374 e. The Hall–Kier alpha value is -1.84. The molecule has 3 heterocycles. The number of nitro groups is 1. The number of nitrogens with zero attached hydrogens (tertiary/aromatic N) is 3. The molecule has 9 heteroatoms. The fourth-order valence-electron chi connectivity index (χ4n) is 2.04. The standard InChI is InChI=1S/C11H13N5O3S/c17-16(18)9-3-8-10(14-6-15-11(8)20-9)13-5-7-4-12-1-2-19-7/h3,6-7,12H,1-2,4-5H2,(H,13,14,15). The minimum atomic E-state index is -0.412. The topological polar surface area (TPSA) is 102 Å². The molecule has 1 aliphatic heterocycles. The van der Waals surface area contributed by atoms with E-state index in [9.17, 15) is 10.1 Å². The molecule has 2 N–H and O–H groups in total. The predicted octanol–water partition coefficient (Wildman–Crippen LogP) is 1.000. The van der Waals surface area contributed by atoms with Gasteiger partial charge in [-0.15, -0.1) is 0 Å². The van der Waals surface area contributed by atoms with Crippen LogP contribution in [0.15, 0.2) is 12.4 Å². The third kappa shape index (κ3) is 2.69. The van der Waals surface area contributed by atoms with Crippen molar-refractivity contribution < 1.29 is 9.66 Å². The Balaban J connectivity index is 1.78.